The summed E-state index contributed by atoms with van der Waals surface area (Å²) in [6, 6.07) is 6.50. The molecule has 41 heavy (non-hydrogen) atoms. The molecule has 0 radical (unpaired) electrons. The van der Waals surface area contributed by atoms with Crippen LogP contribution >= 0.6 is 0 Å². The molecule has 2 N–H and O–H groups in total. The molecule has 1 atom stereocenters. The number of urea groups is 1. The number of carbonyl (C=O) groups excluding carboxylic acids is 3. The van der Waals surface area contributed by atoms with Crippen molar-refractivity contribution in [3.63, 3.8) is 0 Å². The monoisotopic (exact) mass is 565 g/mol. The third-order valence-electron chi connectivity index (χ3n) is 9.17. The molecule has 1 aliphatic carbocycles. The molecule has 1 aliphatic heterocycles. The number of ketones is 1. The summed E-state index contributed by atoms with van der Waals surface area (Å²) in [6.07, 6.45) is 13.3. The van der Waals surface area contributed by atoms with Crippen LogP contribution in [0.15, 0.2) is 36.8 Å². The number of hydrogen-bond acceptors (Lipinski definition) is 5. The number of likely N-dealkylation sites (tertiary alicyclic amines) is 1. The van der Waals surface area contributed by atoms with Crippen LogP contribution in [-0.4, -0.2) is 65.0 Å². The summed E-state index contributed by atoms with van der Waals surface area (Å²) in [7, 11) is 3.54. The lowest BCUT2D eigenvalue weighted by molar-refractivity contribution is -0.144. The standard InChI is InChI=1S/C32H47N5O4/c1-4-8-29(38)32(25-9-6-5-7-10-25)16-19-37(20-17-32)30(39)28(21-24-11-13-27(41-3)14-12-24)35-31(40)34-18-15-26-22-33-23-36(26)2/h11-14,22-23,25,28H,4-10,15-21H2,1-3H3,(H2,34,35,40). The molecule has 1 saturated heterocycles. The number of nitrogens with one attached hydrogen (secondary N) is 2. The number of methoxy groups -OCH3 is 1. The Labute approximate surface area is 244 Å². The molecule has 1 saturated carbocycles. The maximum Gasteiger partial charge on any atom is 0.315 e. The summed E-state index contributed by atoms with van der Waals surface area (Å²) in [6.45, 7) is 3.60. The zero-order valence-corrected chi connectivity index (χ0v) is 25.0. The van der Waals surface area contributed by atoms with Crippen molar-refractivity contribution < 1.29 is 19.1 Å². The summed E-state index contributed by atoms with van der Waals surface area (Å²) in [4.78, 5) is 46.3. The number of aromatic nitrogens is 2. The number of benzene rings is 1. The number of rotatable bonds is 12. The van der Waals surface area contributed by atoms with Crippen LogP contribution in [0, 0.1) is 11.3 Å². The van der Waals surface area contributed by atoms with Crippen LogP contribution in [0.5, 0.6) is 5.75 Å². The maximum absolute atomic E-state index is 13.9. The molecule has 0 spiro atoms. The van der Waals surface area contributed by atoms with Gasteiger partial charge in [-0.25, -0.2) is 9.78 Å². The topological polar surface area (TPSA) is 106 Å². The Kier molecular flexibility index (Phi) is 10.8. The molecule has 2 aliphatic rings. The van der Waals surface area contributed by atoms with Crippen LogP contribution in [0.2, 0.25) is 0 Å². The first-order chi connectivity index (χ1) is 19.9. The fraction of sp³-hybridized carbons (Fsp3) is 0.625. The number of piperidine rings is 1. The van der Waals surface area contributed by atoms with E-state index in [1.165, 1.54) is 19.3 Å². The number of hydrogen-bond donors (Lipinski definition) is 2. The second-order valence-electron chi connectivity index (χ2n) is 11.7. The third-order valence-corrected chi connectivity index (χ3v) is 9.17. The number of carbonyl (C=O) groups is 3. The van der Waals surface area contributed by atoms with Gasteiger partial charge in [0.2, 0.25) is 5.91 Å². The van der Waals surface area contributed by atoms with Gasteiger partial charge in [-0.05, 0) is 55.7 Å². The first-order valence-corrected chi connectivity index (χ1v) is 15.3. The van der Waals surface area contributed by atoms with E-state index in [9.17, 15) is 14.4 Å². The summed E-state index contributed by atoms with van der Waals surface area (Å²) in [5.74, 6) is 1.46. The molecule has 2 aromatic rings. The quantitative estimate of drug-likeness (QED) is 0.396. The van der Waals surface area contributed by atoms with Crippen molar-refractivity contribution in [1.29, 1.82) is 0 Å². The maximum atomic E-state index is 13.9. The number of aryl methyl sites for hydroxylation is 1. The normalized spacial score (nSPS) is 18.0. The van der Waals surface area contributed by atoms with Gasteiger partial charge in [0, 0.05) is 63.3 Å². The zero-order valence-electron chi connectivity index (χ0n) is 25.0. The van der Waals surface area contributed by atoms with Crippen LogP contribution in [0.25, 0.3) is 0 Å². The number of Topliss-reactive ketones (excluding diaryl/α,β-unsaturated/α-hetero) is 1. The van der Waals surface area contributed by atoms with Crippen molar-refractivity contribution in [2.75, 3.05) is 26.7 Å². The van der Waals surface area contributed by atoms with Gasteiger partial charge >= 0.3 is 6.03 Å². The summed E-state index contributed by atoms with van der Waals surface area (Å²) < 4.78 is 7.20. The first kappa shape index (κ1) is 30.6. The van der Waals surface area contributed by atoms with E-state index in [1.54, 1.807) is 19.6 Å². The van der Waals surface area contributed by atoms with E-state index in [1.807, 2.05) is 40.8 Å². The van der Waals surface area contributed by atoms with Crippen LogP contribution in [-0.2, 0) is 29.5 Å². The van der Waals surface area contributed by atoms with Gasteiger partial charge in [0.15, 0.2) is 0 Å². The fourth-order valence-electron chi connectivity index (χ4n) is 6.73. The largest absolute Gasteiger partial charge is 0.497 e. The van der Waals surface area contributed by atoms with Crippen LogP contribution in [0.3, 0.4) is 0 Å². The molecule has 0 bridgehead atoms. The average molecular weight is 566 g/mol. The van der Waals surface area contributed by atoms with E-state index < -0.39 is 6.04 Å². The number of imidazole rings is 1. The zero-order chi connectivity index (χ0) is 29.2. The molecule has 1 unspecified atom stereocenters. The minimum Gasteiger partial charge on any atom is -0.497 e. The van der Waals surface area contributed by atoms with Crippen molar-refractivity contribution >= 4 is 17.7 Å². The van der Waals surface area contributed by atoms with E-state index in [2.05, 4.69) is 22.5 Å². The van der Waals surface area contributed by atoms with Gasteiger partial charge in [-0.3, -0.25) is 9.59 Å². The molecule has 9 nitrogen and oxygen atoms in total. The van der Waals surface area contributed by atoms with Crippen molar-refractivity contribution in [1.82, 2.24) is 25.1 Å². The molecule has 4 rings (SSSR count). The fourth-order valence-corrected chi connectivity index (χ4v) is 6.73. The molecule has 224 valence electrons. The van der Waals surface area contributed by atoms with E-state index in [-0.39, 0.29) is 17.4 Å². The Morgan fingerprint density at radius 3 is 2.41 bits per heavy atom. The Balaban J connectivity index is 1.43. The number of amides is 3. The number of ether oxygens (including phenoxy) is 1. The van der Waals surface area contributed by atoms with Gasteiger partial charge in [0.05, 0.1) is 13.4 Å². The van der Waals surface area contributed by atoms with Crippen LogP contribution in [0.1, 0.15) is 76.0 Å². The summed E-state index contributed by atoms with van der Waals surface area (Å²) in [5, 5.41) is 5.85. The predicted octanol–water partition coefficient (Wildman–Crippen LogP) is 4.44. The van der Waals surface area contributed by atoms with Gasteiger partial charge in [-0.2, -0.15) is 0 Å². The summed E-state index contributed by atoms with van der Waals surface area (Å²) >= 11 is 0. The smallest absolute Gasteiger partial charge is 0.315 e. The molecule has 3 amide bonds. The van der Waals surface area contributed by atoms with Crippen molar-refractivity contribution in [3.05, 3.63) is 48.0 Å². The Bertz CT molecular complexity index is 1150. The highest BCUT2D eigenvalue weighted by Crippen LogP contribution is 2.47. The van der Waals surface area contributed by atoms with E-state index in [0.29, 0.717) is 63.4 Å². The lowest BCUT2D eigenvalue weighted by Gasteiger charge is -2.47. The van der Waals surface area contributed by atoms with E-state index in [0.717, 1.165) is 36.3 Å². The van der Waals surface area contributed by atoms with E-state index in [4.69, 9.17) is 4.74 Å². The number of nitrogens with zero attached hydrogens (tertiary/aromatic N) is 3. The van der Waals surface area contributed by atoms with Crippen molar-refractivity contribution in [2.24, 2.45) is 18.4 Å². The molecule has 2 heterocycles. The molecule has 1 aromatic carbocycles. The van der Waals surface area contributed by atoms with Gasteiger partial charge in [-0.15, -0.1) is 0 Å². The Morgan fingerprint density at radius 1 is 1.10 bits per heavy atom. The Hall–Kier alpha value is -3.36. The van der Waals surface area contributed by atoms with Gasteiger partial charge in [0.1, 0.15) is 17.6 Å². The molecular formula is C32H47N5O4. The van der Waals surface area contributed by atoms with Gasteiger partial charge in [0.25, 0.3) is 0 Å². The average Bonchev–Trinajstić information content (AvgIpc) is 3.41. The van der Waals surface area contributed by atoms with Crippen molar-refractivity contribution in [2.45, 2.75) is 83.6 Å². The second-order valence-corrected chi connectivity index (χ2v) is 11.7. The predicted molar refractivity (Wildman–Crippen MR) is 159 cm³/mol. The molecule has 9 heteroatoms. The Morgan fingerprint density at radius 2 is 1.80 bits per heavy atom. The van der Waals surface area contributed by atoms with Crippen LogP contribution < -0.4 is 15.4 Å². The molecule has 2 fully saturated rings. The van der Waals surface area contributed by atoms with Gasteiger partial charge in [-0.1, -0.05) is 38.3 Å². The highest BCUT2D eigenvalue weighted by atomic mass is 16.5. The second kappa shape index (κ2) is 14.5. The lowest BCUT2D eigenvalue weighted by atomic mass is 9.61. The first-order valence-electron chi connectivity index (χ1n) is 15.3. The molecular weight excluding hydrogens is 518 g/mol. The summed E-state index contributed by atoms with van der Waals surface area (Å²) in [5.41, 5.74) is 1.64. The highest BCUT2D eigenvalue weighted by molar-refractivity contribution is 5.88. The van der Waals surface area contributed by atoms with Crippen LogP contribution in [0.4, 0.5) is 4.79 Å². The molecule has 1 aromatic heterocycles. The highest BCUT2D eigenvalue weighted by Gasteiger charge is 2.47. The minimum absolute atomic E-state index is 0.0946. The third kappa shape index (κ3) is 7.68. The lowest BCUT2D eigenvalue weighted by Crippen LogP contribution is -2.56. The van der Waals surface area contributed by atoms with Gasteiger partial charge < -0.3 is 24.8 Å². The van der Waals surface area contributed by atoms with Crippen molar-refractivity contribution in [3.8, 4) is 5.75 Å². The minimum atomic E-state index is -0.714. The van der Waals surface area contributed by atoms with E-state index >= 15 is 0 Å². The SMILES string of the molecule is CCCC(=O)C1(C2CCCCC2)CCN(C(=O)C(Cc2ccc(OC)cc2)NC(=O)NCCc2cncn2C)CC1.